The number of rotatable bonds is 2. The summed E-state index contributed by atoms with van der Waals surface area (Å²) in [4.78, 5) is 16.5. The number of piperidine rings is 1. The van der Waals surface area contributed by atoms with Crippen molar-refractivity contribution in [2.75, 3.05) is 18.4 Å². The van der Waals surface area contributed by atoms with Crippen LogP contribution in [0.15, 0.2) is 36.5 Å². The van der Waals surface area contributed by atoms with Gasteiger partial charge in [-0.1, -0.05) is 18.2 Å². The summed E-state index contributed by atoms with van der Waals surface area (Å²) in [6, 6.07) is 9.87. The Kier molecular flexibility index (Phi) is 4.93. The first-order chi connectivity index (χ1) is 9.33. The van der Waals surface area contributed by atoms with Crippen molar-refractivity contribution in [3.8, 4) is 0 Å². The fourth-order valence-electron chi connectivity index (χ4n) is 2.46. The van der Waals surface area contributed by atoms with Crippen molar-refractivity contribution in [2.24, 2.45) is 5.92 Å². The number of hydrogen-bond acceptors (Lipinski definition) is 3. The van der Waals surface area contributed by atoms with E-state index in [9.17, 15) is 4.79 Å². The van der Waals surface area contributed by atoms with Crippen LogP contribution in [0, 0.1) is 5.92 Å². The smallest absolute Gasteiger partial charge is 0.228 e. The predicted octanol–water partition coefficient (Wildman–Crippen LogP) is 2.59. The first kappa shape index (κ1) is 14.8. The SMILES string of the molecule is Cl.O=C(Nc1cnc2ccccc2c1)[C@@H]1CCCNC1. The summed E-state index contributed by atoms with van der Waals surface area (Å²) in [7, 11) is 0. The largest absolute Gasteiger partial charge is 0.324 e. The Balaban J connectivity index is 0.00000147. The summed E-state index contributed by atoms with van der Waals surface area (Å²) in [5.74, 6) is 0.157. The first-order valence-electron chi connectivity index (χ1n) is 6.69. The zero-order valence-electron chi connectivity index (χ0n) is 11.1. The van der Waals surface area contributed by atoms with E-state index in [2.05, 4.69) is 15.6 Å². The van der Waals surface area contributed by atoms with Gasteiger partial charge in [-0.3, -0.25) is 9.78 Å². The molecule has 1 aliphatic heterocycles. The van der Waals surface area contributed by atoms with Crippen LogP contribution in [0.25, 0.3) is 10.9 Å². The lowest BCUT2D eigenvalue weighted by Gasteiger charge is -2.21. The molecule has 0 aliphatic carbocycles. The van der Waals surface area contributed by atoms with Gasteiger partial charge in [0.1, 0.15) is 0 Å². The second-order valence-electron chi connectivity index (χ2n) is 4.95. The van der Waals surface area contributed by atoms with E-state index in [0.717, 1.165) is 42.5 Å². The van der Waals surface area contributed by atoms with Crippen molar-refractivity contribution in [3.63, 3.8) is 0 Å². The molecule has 4 nitrogen and oxygen atoms in total. The maximum absolute atomic E-state index is 12.1. The molecular formula is C15H18ClN3O. The van der Waals surface area contributed by atoms with Crippen LogP contribution in [-0.4, -0.2) is 24.0 Å². The lowest BCUT2D eigenvalue weighted by atomic mass is 9.99. The van der Waals surface area contributed by atoms with Gasteiger partial charge in [0.05, 0.1) is 23.3 Å². The van der Waals surface area contributed by atoms with Crippen LogP contribution in [0.3, 0.4) is 0 Å². The topological polar surface area (TPSA) is 54.0 Å². The maximum atomic E-state index is 12.1. The van der Waals surface area contributed by atoms with Crippen molar-refractivity contribution < 1.29 is 4.79 Å². The molecule has 0 radical (unpaired) electrons. The molecule has 1 fully saturated rings. The summed E-state index contributed by atoms with van der Waals surface area (Å²) in [6.45, 7) is 1.79. The molecule has 3 rings (SSSR count). The van der Waals surface area contributed by atoms with E-state index in [0.29, 0.717) is 0 Å². The van der Waals surface area contributed by atoms with Gasteiger partial charge in [0.2, 0.25) is 5.91 Å². The van der Waals surface area contributed by atoms with E-state index in [-0.39, 0.29) is 24.2 Å². The standard InChI is InChI=1S/C15H17N3O.ClH/c19-15(12-5-3-7-16-9-12)18-13-8-11-4-1-2-6-14(11)17-10-13;/h1-2,4,6,8,10,12,16H,3,5,7,9H2,(H,18,19);1H/t12-;/m1./s1. The molecule has 20 heavy (non-hydrogen) atoms. The van der Waals surface area contributed by atoms with Gasteiger partial charge in [-0.25, -0.2) is 0 Å². The molecule has 0 spiro atoms. The lowest BCUT2D eigenvalue weighted by Crippen LogP contribution is -2.37. The van der Waals surface area contributed by atoms with Crippen LogP contribution < -0.4 is 10.6 Å². The van der Waals surface area contributed by atoms with E-state index >= 15 is 0 Å². The number of anilines is 1. The normalized spacial score (nSPS) is 18.3. The average molecular weight is 292 g/mol. The molecule has 2 heterocycles. The van der Waals surface area contributed by atoms with Crippen LogP contribution in [0.1, 0.15) is 12.8 Å². The van der Waals surface area contributed by atoms with Crippen LogP contribution in [-0.2, 0) is 4.79 Å². The van der Waals surface area contributed by atoms with E-state index < -0.39 is 0 Å². The molecule has 2 N–H and O–H groups in total. The average Bonchev–Trinajstić information content (AvgIpc) is 2.48. The maximum Gasteiger partial charge on any atom is 0.228 e. The highest BCUT2D eigenvalue weighted by atomic mass is 35.5. The van der Waals surface area contributed by atoms with Crippen LogP contribution in [0.4, 0.5) is 5.69 Å². The molecule has 0 saturated carbocycles. The van der Waals surface area contributed by atoms with Crippen molar-refractivity contribution in [1.29, 1.82) is 0 Å². The van der Waals surface area contributed by atoms with Crippen molar-refractivity contribution in [3.05, 3.63) is 36.5 Å². The Bertz CT molecular complexity index is 596. The monoisotopic (exact) mass is 291 g/mol. The van der Waals surface area contributed by atoms with Crippen LogP contribution >= 0.6 is 12.4 Å². The van der Waals surface area contributed by atoms with E-state index in [1.54, 1.807) is 6.20 Å². The minimum atomic E-state index is 0. The Morgan fingerprint density at radius 1 is 1.35 bits per heavy atom. The van der Waals surface area contributed by atoms with Gasteiger partial charge in [-0.05, 0) is 31.5 Å². The van der Waals surface area contributed by atoms with Gasteiger partial charge in [-0.2, -0.15) is 0 Å². The van der Waals surface area contributed by atoms with E-state index in [1.807, 2.05) is 30.3 Å². The number of hydrogen-bond donors (Lipinski definition) is 2. The number of carbonyl (C=O) groups excluding carboxylic acids is 1. The molecule has 1 atom stereocenters. The summed E-state index contributed by atoms with van der Waals surface area (Å²) in [6.07, 6.45) is 3.74. The third-order valence-electron chi connectivity index (χ3n) is 3.53. The molecule has 1 saturated heterocycles. The summed E-state index contributed by atoms with van der Waals surface area (Å²) in [5, 5.41) is 7.26. The number of pyridine rings is 1. The van der Waals surface area contributed by atoms with Gasteiger partial charge in [0.25, 0.3) is 0 Å². The minimum Gasteiger partial charge on any atom is -0.324 e. The van der Waals surface area contributed by atoms with Gasteiger partial charge in [-0.15, -0.1) is 12.4 Å². The Labute approximate surface area is 124 Å². The number of amides is 1. The van der Waals surface area contributed by atoms with Crippen molar-refractivity contribution in [2.45, 2.75) is 12.8 Å². The van der Waals surface area contributed by atoms with E-state index in [4.69, 9.17) is 0 Å². The molecule has 1 aliphatic rings. The lowest BCUT2D eigenvalue weighted by molar-refractivity contribution is -0.120. The highest BCUT2D eigenvalue weighted by Gasteiger charge is 2.20. The molecule has 1 amide bonds. The number of fused-ring (bicyclic) bond motifs is 1. The molecule has 0 bridgehead atoms. The highest BCUT2D eigenvalue weighted by molar-refractivity contribution is 5.94. The fraction of sp³-hybridized carbons (Fsp3) is 0.333. The van der Waals surface area contributed by atoms with Gasteiger partial charge in [0.15, 0.2) is 0 Å². The minimum absolute atomic E-state index is 0. The molecule has 1 aromatic carbocycles. The number of halogens is 1. The molecule has 0 unspecified atom stereocenters. The summed E-state index contributed by atoms with van der Waals surface area (Å²) < 4.78 is 0. The van der Waals surface area contributed by atoms with Crippen LogP contribution in [0.2, 0.25) is 0 Å². The Hall–Kier alpha value is -1.65. The van der Waals surface area contributed by atoms with E-state index in [1.165, 1.54) is 0 Å². The molecule has 2 aromatic rings. The van der Waals surface area contributed by atoms with Gasteiger partial charge >= 0.3 is 0 Å². The summed E-state index contributed by atoms with van der Waals surface area (Å²) in [5.41, 5.74) is 1.72. The highest BCUT2D eigenvalue weighted by Crippen LogP contribution is 2.18. The van der Waals surface area contributed by atoms with Gasteiger partial charge < -0.3 is 10.6 Å². The molecule has 106 valence electrons. The zero-order valence-corrected chi connectivity index (χ0v) is 12.0. The van der Waals surface area contributed by atoms with Crippen molar-refractivity contribution >= 4 is 34.9 Å². The van der Waals surface area contributed by atoms with Crippen molar-refractivity contribution in [1.82, 2.24) is 10.3 Å². The Morgan fingerprint density at radius 2 is 2.20 bits per heavy atom. The first-order valence-corrected chi connectivity index (χ1v) is 6.69. The third-order valence-corrected chi connectivity index (χ3v) is 3.53. The fourth-order valence-corrected chi connectivity index (χ4v) is 2.46. The predicted molar refractivity (Wildman–Crippen MR) is 83.2 cm³/mol. The number of para-hydroxylation sites is 1. The third kappa shape index (κ3) is 3.26. The number of aromatic nitrogens is 1. The number of carbonyl (C=O) groups is 1. The van der Waals surface area contributed by atoms with Crippen LogP contribution in [0.5, 0.6) is 0 Å². The number of benzene rings is 1. The zero-order chi connectivity index (χ0) is 13.1. The quantitative estimate of drug-likeness (QED) is 0.894. The number of nitrogens with zero attached hydrogens (tertiary/aromatic N) is 1. The number of nitrogens with one attached hydrogen (secondary N) is 2. The second kappa shape index (κ2) is 6.68. The molecule has 5 heteroatoms. The Morgan fingerprint density at radius 3 is 3.00 bits per heavy atom. The molecular weight excluding hydrogens is 274 g/mol. The summed E-state index contributed by atoms with van der Waals surface area (Å²) >= 11 is 0. The van der Waals surface area contributed by atoms with Gasteiger partial charge in [0, 0.05) is 11.9 Å². The second-order valence-corrected chi connectivity index (χ2v) is 4.95. The molecule has 1 aromatic heterocycles.